The van der Waals surface area contributed by atoms with E-state index in [1.54, 1.807) is 0 Å². The summed E-state index contributed by atoms with van der Waals surface area (Å²) in [5.41, 5.74) is -0.180. The van der Waals surface area contributed by atoms with Crippen molar-refractivity contribution in [3.05, 3.63) is 68.2 Å². The number of rotatable bonds is 4. The number of carboxylic acids is 1. The Morgan fingerprint density at radius 1 is 1.14 bits per heavy atom. The molecule has 0 bridgehead atoms. The lowest BCUT2D eigenvalue weighted by atomic mass is 10.2. The predicted molar refractivity (Wildman–Crippen MR) is 79.2 cm³/mol. The third kappa shape index (κ3) is 3.47. The molecule has 0 aliphatic heterocycles. The smallest absolute Gasteiger partial charge is 0.343 e. The Morgan fingerprint density at radius 3 is 2.45 bits per heavy atom. The summed E-state index contributed by atoms with van der Waals surface area (Å²) in [5, 5.41) is 19.5. The van der Waals surface area contributed by atoms with Crippen molar-refractivity contribution in [1.82, 2.24) is 0 Å². The number of nitro benzene ring substituents is 1. The molecule has 0 aromatic heterocycles. The molecule has 0 unspecified atom stereocenters. The summed E-state index contributed by atoms with van der Waals surface area (Å²) in [7, 11) is 0. The van der Waals surface area contributed by atoms with Crippen LogP contribution in [-0.4, -0.2) is 22.0 Å². The van der Waals surface area contributed by atoms with Crippen LogP contribution >= 0.6 is 15.9 Å². The standard InChI is InChI=1S/C14H8BrNO6/c15-11-7-8(13(17)18)4-5-12(11)22-14(19)9-2-1-3-10(6-9)16(20)21/h1-7H,(H,17,18). The number of aromatic carboxylic acids is 1. The molecule has 0 atom stereocenters. The van der Waals surface area contributed by atoms with Crippen LogP contribution < -0.4 is 4.74 Å². The summed E-state index contributed by atoms with van der Waals surface area (Å²) in [6, 6.07) is 9.01. The first-order valence-corrected chi connectivity index (χ1v) is 6.67. The summed E-state index contributed by atoms with van der Waals surface area (Å²) in [5.74, 6) is -1.79. The minimum absolute atomic E-state index is 0.0170. The molecule has 0 radical (unpaired) electrons. The first-order valence-electron chi connectivity index (χ1n) is 5.88. The van der Waals surface area contributed by atoms with E-state index in [0.717, 1.165) is 6.07 Å². The molecule has 2 aromatic rings. The number of hydrogen-bond donors (Lipinski definition) is 1. The highest BCUT2D eigenvalue weighted by atomic mass is 79.9. The number of hydrogen-bond acceptors (Lipinski definition) is 5. The first kappa shape index (κ1) is 15.6. The number of non-ortho nitro benzene ring substituents is 1. The van der Waals surface area contributed by atoms with Gasteiger partial charge in [-0.3, -0.25) is 10.1 Å². The van der Waals surface area contributed by atoms with Crippen LogP contribution in [0.15, 0.2) is 46.9 Å². The molecule has 2 aromatic carbocycles. The van der Waals surface area contributed by atoms with Gasteiger partial charge in [0.2, 0.25) is 0 Å². The molecule has 2 rings (SSSR count). The van der Waals surface area contributed by atoms with E-state index in [1.807, 2.05) is 0 Å². The van der Waals surface area contributed by atoms with Gasteiger partial charge < -0.3 is 9.84 Å². The third-order valence-electron chi connectivity index (χ3n) is 2.67. The maximum atomic E-state index is 12.0. The zero-order valence-electron chi connectivity index (χ0n) is 10.9. The Balaban J connectivity index is 2.24. The van der Waals surface area contributed by atoms with Crippen molar-refractivity contribution in [2.24, 2.45) is 0 Å². The number of esters is 1. The van der Waals surface area contributed by atoms with Gasteiger partial charge in [0.1, 0.15) is 5.75 Å². The van der Waals surface area contributed by atoms with Crippen LogP contribution in [-0.2, 0) is 0 Å². The molecule has 0 aliphatic carbocycles. The van der Waals surface area contributed by atoms with Crippen LogP contribution in [0.5, 0.6) is 5.75 Å². The number of halogens is 1. The minimum Gasteiger partial charge on any atom is -0.478 e. The number of benzene rings is 2. The van der Waals surface area contributed by atoms with E-state index >= 15 is 0 Å². The average molecular weight is 366 g/mol. The van der Waals surface area contributed by atoms with Crippen molar-refractivity contribution >= 4 is 33.6 Å². The molecule has 0 heterocycles. The molecular weight excluding hydrogens is 358 g/mol. The SMILES string of the molecule is O=C(O)c1ccc(OC(=O)c2cccc([N+](=O)[O-])c2)c(Br)c1. The molecule has 0 spiro atoms. The Morgan fingerprint density at radius 2 is 1.86 bits per heavy atom. The van der Waals surface area contributed by atoms with E-state index < -0.39 is 16.9 Å². The molecule has 0 saturated carbocycles. The lowest BCUT2D eigenvalue weighted by Gasteiger charge is -2.07. The van der Waals surface area contributed by atoms with Crippen LogP contribution in [0.4, 0.5) is 5.69 Å². The van der Waals surface area contributed by atoms with Gasteiger partial charge in [0.05, 0.1) is 20.5 Å². The van der Waals surface area contributed by atoms with Crippen LogP contribution in [0.3, 0.4) is 0 Å². The molecule has 0 saturated heterocycles. The van der Waals surface area contributed by atoms with Gasteiger partial charge in [-0.2, -0.15) is 0 Å². The number of carbonyl (C=O) groups is 2. The summed E-state index contributed by atoms with van der Waals surface area (Å²) in [6.07, 6.45) is 0. The van der Waals surface area contributed by atoms with E-state index in [-0.39, 0.29) is 27.0 Å². The number of carbonyl (C=O) groups excluding carboxylic acids is 1. The fourth-order valence-electron chi connectivity index (χ4n) is 1.62. The van der Waals surface area contributed by atoms with Crippen LogP contribution in [0.1, 0.15) is 20.7 Å². The molecule has 1 N–H and O–H groups in total. The molecule has 8 heteroatoms. The summed E-state index contributed by atoms with van der Waals surface area (Å²) >= 11 is 3.11. The zero-order chi connectivity index (χ0) is 16.3. The second-order valence-electron chi connectivity index (χ2n) is 4.15. The van der Waals surface area contributed by atoms with Crippen LogP contribution in [0.2, 0.25) is 0 Å². The van der Waals surface area contributed by atoms with Gasteiger partial charge in [0.25, 0.3) is 5.69 Å². The second-order valence-corrected chi connectivity index (χ2v) is 5.00. The number of carboxylic acid groups (broad SMARTS) is 1. The van der Waals surface area contributed by atoms with Crippen molar-refractivity contribution in [1.29, 1.82) is 0 Å². The van der Waals surface area contributed by atoms with Crippen molar-refractivity contribution in [2.45, 2.75) is 0 Å². The fourth-order valence-corrected chi connectivity index (χ4v) is 2.08. The van der Waals surface area contributed by atoms with Gasteiger partial charge in [0.15, 0.2) is 0 Å². The molecule has 0 amide bonds. The van der Waals surface area contributed by atoms with Gasteiger partial charge in [0, 0.05) is 12.1 Å². The summed E-state index contributed by atoms with van der Waals surface area (Å²) in [6.45, 7) is 0. The van der Waals surface area contributed by atoms with E-state index in [1.165, 1.54) is 36.4 Å². The van der Waals surface area contributed by atoms with Gasteiger partial charge >= 0.3 is 11.9 Å². The van der Waals surface area contributed by atoms with Crippen LogP contribution in [0, 0.1) is 10.1 Å². The maximum absolute atomic E-state index is 12.0. The van der Waals surface area contributed by atoms with Gasteiger partial charge in [-0.05, 0) is 40.2 Å². The molecular formula is C14H8BrNO6. The zero-order valence-corrected chi connectivity index (χ0v) is 12.4. The van der Waals surface area contributed by atoms with Gasteiger partial charge in [-0.15, -0.1) is 0 Å². The Hall–Kier alpha value is -2.74. The van der Waals surface area contributed by atoms with Gasteiger partial charge in [-0.1, -0.05) is 6.07 Å². The highest BCUT2D eigenvalue weighted by molar-refractivity contribution is 9.10. The highest BCUT2D eigenvalue weighted by Gasteiger charge is 2.15. The lowest BCUT2D eigenvalue weighted by Crippen LogP contribution is -2.09. The largest absolute Gasteiger partial charge is 0.478 e. The summed E-state index contributed by atoms with van der Waals surface area (Å²) < 4.78 is 5.38. The van der Waals surface area contributed by atoms with Crippen LogP contribution in [0.25, 0.3) is 0 Å². The topological polar surface area (TPSA) is 107 Å². The van der Waals surface area contributed by atoms with Gasteiger partial charge in [-0.25, -0.2) is 9.59 Å². The quantitative estimate of drug-likeness (QED) is 0.385. The Labute approximate surface area is 132 Å². The van der Waals surface area contributed by atoms with E-state index in [4.69, 9.17) is 9.84 Å². The average Bonchev–Trinajstić information content (AvgIpc) is 2.49. The molecule has 22 heavy (non-hydrogen) atoms. The molecule has 0 aliphatic rings. The fraction of sp³-hybridized carbons (Fsp3) is 0. The third-order valence-corrected chi connectivity index (χ3v) is 3.29. The molecule has 0 fully saturated rings. The van der Waals surface area contributed by atoms with E-state index in [2.05, 4.69) is 15.9 Å². The van der Waals surface area contributed by atoms with E-state index in [0.29, 0.717) is 0 Å². The number of ether oxygens (including phenoxy) is 1. The minimum atomic E-state index is -1.11. The Bertz CT molecular complexity index is 774. The number of nitro groups is 1. The van der Waals surface area contributed by atoms with Crippen molar-refractivity contribution < 1.29 is 24.4 Å². The molecule has 112 valence electrons. The maximum Gasteiger partial charge on any atom is 0.343 e. The second kappa shape index (κ2) is 6.35. The number of nitrogens with zero attached hydrogens (tertiary/aromatic N) is 1. The molecule has 7 nitrogen and oxygen atoms in total. The Kier molecular flexibility index (Phi) is 4.52. The monoisotopic (exact) mass is 365 g/mol. The van der Waals surface area contributed by atoms with Crippen molar-refractivity contribution in [2.75, 3.05) is 0 Å². The van der Waals surface area contributed by atoms with E-state index in [9.17, 15) is 19.7 Å². The predicted octanol–water partition coefficient (Wildman–Crippen LogP) is 3.27. The summed E-state index contributed by atoms with van der Waals surface area (Å²) in [4.78, 5) is 32.9. The highest BCUT2D eigenvalue weighted by Crippen LogP contribution is 2.27. The van der Waals surface area contributed by atoms with Crippen molar-refractivity contribution in [3.8, 4) is 5.75 Å². The van der Waals surface area contributed by atoms with Crippen molar-refractivity contribution in [3.63, 3.8) is 0 Å². The normalized spacial score (nSPS) is 10.0. The first-order chi connectivity index (χ1) is 10.4. The lowest BCUT2D eigenvalue weighted by molar-refractivity contribution is -0.384.